The molecule has 0 aliphatic heterocycles. The van der Waals surface area contributed by atoms with E-state index >= 15 is 0 Å². The fourth-order valence-corrected chi connectivity index (χ4v) is 2.13. The molecule has 0 aliphatic carbocycles. The summed E-state index contributed by atoms with van der Waals surface area (Å²) < 4.78 is 1.17. The van der Waals surface area contributed by atoms with Crippen molar-refractivity contribution in [2.45, 2.75) is 40.2 Å². The van der Waals surface area contributed by atoms with E-state index in [1.165, 1.54) is 16.7 Å². The third-order valence-corrected chi connectivity index (χ3v) is 3.20. The molecular formula is C14H21N3O4. The SMILES string of the molecule is CCCN(CCC)C(=O)Cn1c(C)ccc([N+](=O)[O-])c1=O. The van der Waals surface area contributed by atoms with Gasteiger partial charge in [0.1, 0.15) is 6.54 Å². The summed E-state index contributed by atoms with van der Waals surface area (Å²) in [4.78, 5) is 36.1. The van der Waals surface area contributed by atoms with E-state index < -0.39 is 16.2 Å². The molecule has 1 aromatic rings. The third kappa shape index (κ3) is 4.14. The summed E-state index contributed by atoms with van der Waals surface area (Å²) in [5.41, 5.74) is -0.709. The maximum absolute atomic E-state index is 12.3. The highest BCUT2D eigenvalue weighted by Gasteiger charge is 2.19. The lowest BCUT2D eigenvalue weighted by molar-refractivity contribution is -0.386. The molecule has 116 valence electrons. The predicted octanol–water partition coefficient (Wildman–Crippen LogP) is 1.71. The molecule has 0 aromatic carbocycles. The second-order valence-corrected chi connectivity index (χ2v) is 4.89. The van der Waals surface area contributed by atoms with Crippen LogP contribution in [0.3, 0.4) is 0 Å². The quantitative estimate of drug-likeness (QED) is 0.566. The second-order valence-electron chi connectivity index (χ2n) is 4.89. The van der Waals surface area contributed by atoms with Gasteiger partial charge in [-0.1, -0.05) is 13.8 Å². The number of pyridine rings is 1. The number of nitrogens with zero attached hydrogens (tertiary/aromatic N) is 3. The summed E-state index contributed by atoms with van der Waals surface area (Å²) in [5.74, 6) is -0.190. The van der Waals surface area contributed by atoms with E-state index in [9.17, 15) is 19.7 Å². The smallest absolute Gasteiger partial charge is 0.334 e. The highest BCUT2D eigenvalue weighted by atomic mass is 16.6. The fraction of sp³-hybridized carbons (Fsp3) is 0.571. The Morgan fingerprint density at radius 2 is 1.86 bits per heavy atom. The van der Waals surface area contributed by atoms with Crippen molar-refractivity contribution in [3.8, 4) is 0 Å². The van der Waals surface area contributed by atoms with E-state index in [1.54, 1.807) is 11.8 Å². The second kappa shape index (κ2) is 7.56. The molecule has 0 saturated heterocycles. The van der Waals surface area contributed by atoms with Crippen LogP contribution in [0.5, 0.6) is 0 Å². The minimum Gasteiger partial charge on any atom is -0.341 e. The molecular weight excluding hydrogens is 274 g/mol. The average Bonchev–Trinajstić information content (AvgIpc) is 2.42. The van der Waals surface area contributed by atoms with Crippen molar-refractivity contribution in [3.63, 3.8) is 0 Å². The molecule has 7 heteroatoms. The van der Waals surface area contributed by atoms with Crippen LogP contribution < -0.4 is 5.56 Å². The van der Waals surface area contributed by atoms with E-state index in [1.807, 2.05) is 13.8 Å². The molecule has 1 aromatic heterocycles. The first-order valence-electron chi connectivity index (χ1n) is 7.04. The zero-order chi connectivity index (χ0) is 16.0. The average molecular weight is 295 g/mol. The first-order valence-corrected chi connectivity index (χ1v) is 7.04. The number of aromatic nitrogens is 1. The molecule has 0 aliphatic rings. The normalized spacial score (nSPS) is 10.4. The number of rotatable bonds is 7. The lowest BCUT2D eigenvalue weighted by Crippen LogP contribution is -2.38. The zero-order valence-corrected chi connectivity index (χ0v) is 12.7. The number of amides is 1. The number of carbonyl (C=O) groups excluding carboxylic acids is 1. The zero-order valence-electron chi connectivity index (χ0n) is 12.7. The van der Waals surface area contributed by atoms with Gasteiger partial charge in [-0.05, 0) is 25.8 Å². The summed E-state index contributed by atoms with van der Waals surface area (Å²) in [6.45, 7) is 6.68. The Morgan fingerprint density at radius 1 is 1.29 bits per heavy atom. The number of carbonyl (C=O) groups is 1. The van der Waals surface area contributed by atoms with Crippen LogP contribution in [-0.2, 0) is 11.3 Å². The van der Waals surface area contributed by atoms with E-state index in [0.29, 0.717) is 18.8 Å². The Morgan fingerprint density at radius 3 is 2.33 bits per heavy atom. The molecule has 0 saturated carbocycles. The molecule has 1 amide bonds. The lowest BCUT2D eigenvalue weighted by Gasteiger charge is -2.22. The Labute approximate surface area is 123 Å². The molecule has 0 radical (unpaired) electrons. The first kappa shape index (κ1) is 16.9. The summed E-state index contributed by atoms with van der Waals surface area (Å²) in [6.07, 6.45) is 1.66. The molecule has 0 bridgehead atoms. The number of aryl methyl sites for hydroxylation is 1. The predicted molar refractivity (Wildman–Crippen MR) is 79.3 cm³/mol. The van der Waals surface area contributed by atoms with Gasteiger partial charge in [-0.15, -0.1) is 0 Å². The van der Waals surface area contributed by atoms with Crippen molar-refractivity contribution in [1.29, 1.82) is 0 Å². The molecule has 0 atom stereocenters. The standard InChI is InChI=1S/C14H21N3O4/c1-4-8-15(9-5-2)13(18)10-16-11(3)6-7-12(14(16)19)17(20)21/h6-7H,4-5,8-10H2,1-3H3. The van der Waals surface area contributed by atoms with Crippen LogP contribution in [0.2, 0.25) is 0 Å². The molecule has 7 nitrogen and oxygen atoms in total. The molecule has 0 fully saturated rings. The minimum atomic E-state index is -0.735. The molecule has 1 rings (SSSR count). The van der Waals surface area contributed by atoms with Gasteiger partial charge in [0.05, 0.1) is 4.92 Å². The summed E-state index contributed by atoms with van der Waals surface area (Å²) >= 11 is 0. The monoisotopic (exact) mass is 295 g/mol. The lowest BCUT2D eigenvalue weighted by atomic mass is 10.3. The Kier molecular flexibility index (Phi) is 6.08. The van der Waals surface area contributed by atoms with Gasteiger partial charge in [-0.3, -0.25) is 24.3 Å². The summed E-state index contributed by atoms with van der Waals surface area (Å²) in [6, 6.07) is 2.66. The van der Waals surface area contributed by atoms with Crippen molar-refractivity contribution < 1.29 is 9.72 Å². The van der Waals surface area contributed by atoms with Gasteiger partial charge in [0.25, 0.3) is 0 Å². The van der Waals surface area contributed by atoms with Crippen LogP contribution in [0, 0.1) is 17.0 Å². The van der Waals surface area contributed by atoms with Gasteiger partial charge in [-0.25, -0.2) is 0 Å². The van der Waals surface area contributed by atoms with E-state index in [-0.39, 0.29) is 12.5 Å². The van der Waals surface area contributed by atoms with Crippen molar-refractivity contribution in [1.82, 2.24) is 9.47 Å². The Hall–Kier alpha value is -2.18. The molecule has 0 unspecified atom stereocenters. The highest BCUT2D eigenvalue weighted by molar-refractivity contribution is 5.76. The van der Waals surface area contributed by atoms with Gasteiger partial charge < -0.3 is 4.90 Å². The van der Waals surface area contributed by atoms with Gasteiger partial charge in [0.15, 0.2) is 0 Å². The highest BCUT2D eigenvalue weighted by Crippen LogP contribution is 2.07. The Bertz CT molecular complexity index is 574. The maximum atomic E-state index is 12.3. The summed E-state index contributed by atoms with van der Waals surface area (Å²) in [5, 5.41) is 10.8. The van der Waals surface area contributed by atoms with Gasteiger partial charge in [-0.2, -0.15) is 0 Å². The topological polar surface area (TPSA) is 85.4 Å². The van der Waals surface area contributed by atoms with Crippen LogP contribution >= 0.6 is 0 Å². The van der Waals surface area contributed by atoms with Crippen LogP contribution in [0.25, 0.3) is 0 Å². The van der Waals surface area contributed by atoms with Crippen LogP contribution in [0.1, 0.15) is 32.4 Å². The van der Waals surface area contributed by atoms with E-state index in [4.69, 9.17) is 0 Å². The maximum Gasteiger partial charge on any atom is 0.334 e. The van der Waals surface area contributed by atoms with Crippen LogP contribution in [0.4, 0.5) is 5.69 Å². The van der Waals surface area contributed by atoms with Gasteiger partial charge in [0.2, 0.25) is 5.91 Å². The number of hydrogen-bond acceptors (Lipinski definition) is 4. The van der Waals surface area contributed by atoms with Crippen molar-refractivity contribution in [2.75, 3.05) is 13.1 Å². The van der Waals surface area contributed by atoms with Gasteiger partial charge in [0, 0.05) is 24.8 Å². The number of hydrogen-bond donors (Lipinski definition) is 0. The largest absolute Gasteiger partial charge is 0.341 e. The van der Waals surface area contributed by atoms with Crippen LogP contribution in [0.15, 0.2) is 16.9 Å². The first-order chi connectivity index (χ1) is 9.92. The van der Waals surface area contributed by atoms with Gasteiger partial charge >= 0.3 is 11.2 Å². The van der Waals surface area contributed by atoms with E-state index in [2.05, 4.69) is 0 Å². The summed E-state index contributed by atoms with van der Waals surface area (Å²) in [7, 11) is 0. The number of nitro groups is 1. The molecule has 0 spiro atoms. The fourth-order valence-electron chi connectivity index (χ4n) is 2.13. The molecule has 0 N–H and O–H groups in total. The van der Waals surface area contributed by atoms with Crippen LogP contribution in [-0.4, -0.2) is 33.4 Å². The molecule has 1 heterocycles. The minimum absolute atomic E-state index is 0.160. The third-order valence-electron chi connectivity index (χ3n) is 3.20. The van der Waals surface area contributed by atoms with Crippen molar-refractivity contribution >= 4 is 11.6 Å². The Balaban J connectivity index is 3.06. The van der Waals surface area contributed by atoms with Crippen molar-refractivity contribution in [3.05, 3.63) is 38.3 Å². The molecule has 21 heavy (non-hydrogen) atoms. The van der Waals surface area contributed by atoms with Crippen molar-refractivity contribution in [2.24, 2.45) is 0 Å². The van der Waals surface area contributed by atoms with E-state index in [0.717, 1.165) is 12.8 Å².